The molecule has 384 valence electrons. The molecule has 21 heteroatoms. The second-order valence-electron chi connectivity index (χ2n) is 19.2. The molecule has 2 aromatic carbocycles. The number of nitrogens with two attached hydrogens (primary N) is 1. The Morgan fingerprint density at radius 2 is 1.20 bits per heavy atom. The lowest BCUT2D eigenvalue weighted by molar-refractivity contribution is -0.274. The van der Waals surface area contributed by atoms with Crippen LogP contribution in [0.15, 0.2) is 54.7 Å². The van der Waals surface area contributed by atoms with E-state index < -0.39 is 108 Å². The summed E-state index contributed by atoms with van der Waals surface area (Å²) in [7, 11) is 0. The zero-order chi connectivity index (χ0) is 51.3. The van der Waals surface area contributed by atoms with Crippen molar-refractivity contribution in [3.05, 3.63) is 60.3 Å². The first-order valence-electron chi connectivity index (χ1n) is 24.0. The molecule has 70 heavy (non-hydrogen) atoms. The fourth-order valence-electron chi connectivity index (χ4n) is 8.51. The molecule has 2 saturated heterocycles. The number of hydrogen-bond donors (Lipinski definition) is 8. The molecular formula is C49H68F3N9O9. The number of nitrogens with one attached hydrogen (secondary N) is 7. The molecule has 6 atom stereocenters. The second-order valence-corrected chi connectivity index (χ2v) is 19.2. The highest BCUT2D eigenvalue weighted by Crippen LogP contribution is 2.27. The van der Waals surface area contributed by atoms with Crippen LogP contribution >= 0.6 is 0 Å². The van der Waals surface area contributed by atoms with Gasteiger partial charge in [0.05, 0.1) is 6.42 Å². The van der Waals surface area contributed by atoms with Crippen molar-refractivity contribution < 1.29 is 56.2 Å². The highest BCUT2D eigenvalue weighted by atomic mass is 19.4. The van der Waals surface area contributed by atoms with Gasteiger partial charge >= 0.3 is 6.36 Å². The Kier molecular flexibility index (Phi) is 19.4. The van der Waals surface area contributed by atoms with Gasteiger partial charge in [-0.2, -0.15) is 0 Å². The normalized spacial score (nSPS) is 23.0. The Morgan fingerprint density at radius 1 is 0.686 bits per heavy atom. The predicted molar refractivity (Wildman–Crippen MR) is 254 cm³/mol. The Bertz CT molecular complexity index is 2280. The molecule has 2 aliphatic rings. The number of H-pyrrole nitrogens is 1. The number of hydrogen-bond acceptors (Lipinski definition) is 10. The van der Waals surface area contributed by atoms with Gasteiger partial charge in [0.1, 0.15) is 53.9 Å². The SMILES string of the molecule is CC(C)C[C@@H]1NC(=O)[C@H](Cc2c[nH]c3ccccc23)NC(=O)[C@@H](CCCN)NC(=O)[C@H](CC(=O)N2CCC(Oc3ccc(OC(F)(F)F)cc3)CC2)NC(=O)[C@H](C(C)C)NC(=O)[C@@H](CC(C)C)NC1=O. The minimum absolute atomic E-state index is 0.00992. The van der Waals surface area contributed by atoms with Crippen LogP contribution in [0.2, 0.25) is 0 Å². The summed E-state index contributed by atoms with van der Waals surface area (Å²) in [5, 5.41) is 17.4. The zero-order valence-electron chi connectivity index (χ0n) is 40.6. The summed E-state index contributed by atoms with van der Waals surface area (Å²) in [6.07, 6.45) is -2.83. The van der Waals surface area contributed by atoms with Crippen molar-refractivity contribution in [3.8, 4) is 11.5 Å². The number of nitrogens with zero attached hydrogens (tertiary/aromatic N) is 1. The predicted octanol–water partition coefficient (Wildman–Crippen LogP) is 3.48. The number of aromatic nitrogens is 1. The van der Waals surface area contributed by atoms with E-state index in [0.29, 0.717) is 24.2 Å². The Balaban J connectivity index is 1.45. The average molecular weight is 984 g/mol. The number of fused-ring (bicyclic) bond motifs is 1. The molecule has 0 bridgehead atoms. The lowest BCUT2D eigenvalue weighted by atomic mass is 9.97. The summed E-state index contributed by atoms with van der Waals surface area (Å²) < 4.78 is 47.8. The van der Waals surface area contributed by atoms with Crippen LogP contribution in [0.25, 0.3) is 10.9 Å². The third-order valence-electron chi connectivity index (χ3n) is 12.2. The largest absolute Gasteiger partial charge is 0.573 e. The number of ether oxygens (including phenoxy) is 2. The molecule has 7 amide bonds. The quantitative estimate of drug-likeness (QED) is 0.110. The standard InChI is InChI=1S/C49H68F3N9O9/c1-27(2)22-37-44(64)57-38(23-28(3)4)47(67)60-42(29(5)6)48(68)59-40(25-41(62)61-20-17-32(18-21-61)69-31-13-15-33(16-14-31)70-49(50,51)52)46(66)55-36(12-9-19-53)43(63)58-39(45(65)56-37)24-30-26-54-35-11-8-7-10-34(30)35/h7-8,10-11,13-16,26-29,32,36-40,42,54H,9,12,17-25,53H2,1-6H3,(H,55,66)(H,56,65)(H,57,64)(H,58,63)(H,59,68)(H,60,67)/t36-,37+,38-,39+,40+,42+/m1/s1. The van der Waals surface area contributed by atoms with Crippen LogP contribution in [0.1, 0.15) is 92.1 Å². The number of rotatable bonds is 15. The van der Waals surface area contributed by atoms with Gasteiger partial charge in [-0.05, 0) is 85.9 Å². The zero-order valence-corrected chi connectivity index (χ0v) is 40.6. The first-order valence-corrected chi connectivity index (χ1v) is 24.0. The van der Waals surface area contributed by atoms with E-state index in [2.05, 4.69) is 41.6 Å². The average Bonchev–Trinajstić information content (AvgIpc) is 3.70. The molecule has 0 spiro atoms. The number of amides is 7. The van der Waals surface area contributed by atoms with Crippen molar-refractivity contribution in [2.75, 3.05) is 19.6 Å². The van der Waals surface area contributed by atoms with E-state index >= 15 is 0 Å². The summed E-state index contributed by atoms with van der Waals surface area (Å²) in [4.78, 5) is 105. The maximum absolute atomic E-state index is 14.5. The molecule has 0 aliphatic carbocycles. The van der Waals surface area contributed by atoms with Gasteiger partial charge in [-0.1, -0.05) is 59.7 Å². The van der Waals surface area contributed by atoms with Crippen molar-refractivity contribution in [3.63, 3.8) is 0 Å². The number of likely N-dealkylation sites (tertiary alicyclic amines) is 1. The van der Waals surface area contributed by atoms with Crippen LogP contribution in [-0.4, -0.2) is 120 Å². The summed E-state index contributed by atoms with van der Waals surface area (Å²) >= 11 is 0. The Hall–Kier alpha value is -6.38. The lowest BCUT2D eigenvalue weighted by Crippen LogP contribution is -2.62. The highest BCUT2D eigenvalue weighted by Gasteiger charge is 2.38. The first-order chi connectivity index (χ1) is 33.1. The summed E-state index contributed by atoms with van der Waals surface area (Å²) in [6, 6.07) is 4.66. The van der Waals surface area contributed by atoms with Crippen LogP contribution in [0, 0.1) is 17.8 Å². The van der Waals surface area contributed by atoms with E-state index in [1.54, 1.807) is 20.0 Å². The van der Waals surface area contributed by atoms with Crippen molar-refractivity contribution in [1.29, 1.82) is 0 Å². The van der Waals surface area contributed by atoms with Crippen LogP contribution in [0.4, 0.5) is 13.2 Å². The summed E-state index contributed by atoms with van der Waals surface area (Å²) in [6.45, 7) is 11.3. The highest BCUT2D eigenvalue weighted by molar-refractivity contribution is 5.99. The molecule has 0 unspecified atom stereocenters. The maximum Gasteiger partial charge on any atom is 0.573 e. The van der Waals surface area contributed by atoms with Gasteiger partial charge in [0.2, 0.25) is 41.4 Å². The van der Waals surface area contributed by atoms with E-state index in [1.165, 1.54) is 17.0 Å². The summed E-state index contributed by atoms with van der Waals surface area (Å²) in [5.41, 5.74) is 7.35. The fourth-order valence-corrected chi connectivity index (χ4v) is 8.51. The molecule has 0 saturated carbocycles. The van der Waals surface area contributed by atoms with Gasteiger partial charge in [0, 0.05) is 49.5 Å². The molecule has 2 fully saturated rings. The third kappa shape index (κ3) is 16.1. The van der Waals surface area contributed by atoms with E-state index in [0.717, 1.165) is 23.0 Å². The first kappa shape index (κ1) is 54.6. The van der Waals surface area contributed by atoms with Gasteiger partial charge < -0.3 is 57.0 Å². The van der Waals surface area contributed by atoms with E-state index in [4.69, 9.17) is 10.5 Å². The molecule has 5 rings (SSSR count). The minimum Gasteiger partial charge on any atom is -0.490 e. The van der Waals surface area contributed by atoms with E-state index in [-0.39, 0.29) is 63.6 Å². The lowest BCUT2D eigenvalue weighted by Gasteiger charge is -2.34. The van der Waals surface area contributed by atoms with Crippen molar-refractivity contribution >= 4 is 52.3 Å². The van der Waals surface area contributed by atoms with Crippen LogP contribution in [-0.2, 0) is 40.0 Å². The topological polar surface area (TPSA) is 255 Å². The summed E-state index contributed by atoms with van der Waals surface area (Å²) in [5.74, 6) is -5.81. The monoisotopic (exact) mass is 984 g/mol. The second kappa shape index (κ2) is 25.0. The van der Waals surface area contributed by atoms with Gasteiger partial charge in [-0.25, -0.2) is 0 Å². The van der Waals surface area contributed by atoms with Crippen molar-refractivity contribution in [2.24, 2.45) is 23.5 Å². The van der Waals surface area contributed by atoms with E-state index in [9.17, 15) is 46.7 Å². The molecule has 3 aromatic rings. The number of para-hydroxylation sites is 1. The fraction of sp³-hybridized carbons (Fsp3) is 0.571. The number of carbonyl (C=O) groups is 7. The van der Waals surface area contributed by atoms with Crippen molar-refractivity contribution in [1.82, 2.24) is 41.8 Å². The number of benzene rings is 2. The van der Waals surface area contributed by atoms with Crippen molar-refractivity contribution in [2.45, 2.75) is 142 Å². The third-order valence-corrected chi connectivity index (χ3v) is 12.2. The Morgan fingerprint density at radius 3 is 1.79 bits per heavy atom. The minimum atomic E-state index is -4.85. The van der Waals surface area contributed by atoms with Gasteiger partial charge in [-0.3, -0.25) is 33.6 Å². The van der Waals surface area contributed by atoms with Gasteiger partial charge in [0.15, 0.2) is 0 Å². The number of carbonyl (C=O) groups excluding carboxylic acids is 7. The molecule has 18 nitrogen and oxygen atoms in total. The van der Waals surface area contributed by atoms with Crippen LogP contribution in [0.5, 0.6) is 11.5 Å². The van der Waals surface area contributed by atoms with Gasteiger partial charge in [-0.15, -0.1) is 13.2 Å². The van der Waals surface area contributed by atoms with Gasteiger partial charge in [0.25, 0.3) is 0 Å². The van der Waals surface area contributed by atoms with E-state index in [1.807, 2.05) is 52.0 Å². The molecule has 3 heterocycles. The number of piperidine rings is 1. The number of aromatic amines is 1. The number of alkyl halides is 3. The molecular weight excluding hydrogens is 916 g/mol. The maximum atomic E-state index is 14.5. The molecule has 0 radical (unpaired) electrons. The smallest absolute Gasteiger partial charge is 0.490 e. The van der Waals surface area contributed by atoms with Crippen LogP contribution in [0.3, 0.4) is 0 Å². The molecule has 2 aliphatic heterocycles. The number of halogens is 3. The molecule has 9 N–H and O–H groups in total. The Labute approximate surface area is 405 Å². The van der Waals surface area contributed by atoms with Crippen LogP contribution < -0.4 is 47.1 Å². The molecule has 1 aromatic heterocycles.